The van der Waals surface area contributed by atoms with Crippen LogP contribution in [0, 0.1) is 11.8 Å². The number of carbonyl (C=O) groups is 9. The van der Waals surface area contributed by atoms with E-state index in [-0.39, 0.29) is 12.2 Å². The third-order valence-corrected chi connectivity index (χ3v) is 7.03. The third kappa shape index (κ3) is 16.1. The lowest BCUT2D eigenvalue weighted by atomic mass is 9.98. The van der Waals surface area contributed by atoms with Gasteiger partial charge >= 0.3 is 17.9 Å². The van der Waals surface area contributed by atoms with Crippen LogP contribution in [0.1, 0.15) is 67.2 Å². The highest BCUT2D eigenvalue weighted by molar-refractivity contribution is 7.80. The number of aliphatic carboxylic acids is 3. The van der Waals surface area contributed by atoms with Gasteiger partial charge in [0.1, 0.15) is 36.3 Å². The molecule has 0 aliphatic rings. The van der Waals surface area contributed by atoms with E-state index < -0.39 is 121 Å². The van der Waals surface area contributed by atoms with Gasteiger partial charge in [0.05, 0.1) is 0 Å². The Balaban J connectivity index is 5.89. The summed E-state index contributed by atoms with van der Waals surface area (Å²) in [5.41, 5.74) is 0. The molecule has 18 nitrogen and oxygen atoms in total. The zero-order valence-corrected chi connectivity index (χ0v) is 28.0. The Hall–Kier alpha value is -4.42. The molecule has 9 N–H and O–H groups in total. The molecule has 19 heteroatoms. The summed E-state index contributed by atoms with van der Waals surface area (Å²) in [4.78, 5) is 110. The van der Waals surface area contributed by atoms with Crippen molar-refractivity contribution >= 4 is 66.0 Å². The molecule has 0 bridgehead atoms. The van der Waals surface area contributed by atoms with E-state index in [1.165, 1.54) is 6.92 Å². The first-order valence-corrected chi connectivity index (χ1v) is 15.4. The van der Waals surface area contributed by atoms with Gasteiger partial charge in [-0.15, -0.1) is 0 Å². The summed E-state index contributed by atoms with van der Waals surface area (Å²) in [5, 5.41) is 41.5. The quantitative estimate of drug-likeness (QED) is 0.0585. The standard InChI is InChI=1S/C28H46N6O12S/c1-12(2)21(26(43)29-14(5)23(40)32-18(11-47)28(45)46)34-27(44)22(13(3)4)33-25(42)17(8-10-20(38)39)31-24(41)16(30-15(6)35)7-9-19(36)37/h12-14,16-18,21-22,47H,7-11H2,1-6H3,(H,29,43)(H,30,35)(H,31,41)(H,32,40)(H,33,42)(H,34,44)(H,36,37)(H,38,39)(H,45,46)/t14-,16-,17-,18-,21-,22-/m0/s1. The second-order valence-corrected chi connectivity index (χ2v) is 11.8. The van der Waals surface area contributed by atoms with Crippen LogP contribution in [0.2, 0.25) is 0 Å². The lowest BCUT2D eigenvalue weighted by Gasteiger charge is -2.29. The average Bonchev–Trinajstić information content (AvgIpc) is 2.95. The molecule has 6 amide bonds. The van der Waals surface area contributed by atoms with E-state index in [0.717, 1.165) is 6.92 Å². The third-order valence-electron chi connectivity index (χ3n) is 6.66. The molecule has 0 unspecified atom stereocenters. The van der Waals surface area contributed by atoms with Crippen molar-refractivity contribution < 1.29 is 58.5 Å². The van der Waals surface area contributed by atoms with Crippen LogP contribution in [-0.2, 0) is 43.2 Å². The molecule has 0 aromatic heterocycles. The fourth-order valence-corrected chi connectivity index (χ4v) is 4.26. The molecule has 0 aromatic carbocycles. The smallest absolute Gasteiger partial charge is 0.327 e. The predicted octanol–water partition coefficient (Wildman–Crippen LogP) is -2.01. The maximum atomic E-state index is 13.4. The first kappa shape index (κ1) is 42.6. The molecule has 0 aliphatic heterocycles. The van der Waals surface area contributed by atoms with E-state index in [2.05, 4.69) is 44.5 Å². The highest BCUT2D eigenvalue weighted by atomic mass is 32.1. The first-order valence-electron chi connectivity index (χ1n) is 14.8. The van der Waals surface area contributed by atoms with Gasteiger partial charge in [0, 0.05) is 25.5 Å². The van der Waals surface area contributed by atoms with Gasteiger partial charge in [-0.3, -0.25) is 38.4 Å². The molecule has 0 aromatic rings. The lowest BCUT2D eigenvalue weighted by molar-refractivity contribution is -0.141. The van der Waals surface area contributed by atoms with Crippen molar-refractivity contribution in [3.8, 4) is 0 Å². The van der Waals surface area contributed by atoms with Crippen LogP contribution in [0.4, 0.5) is 0 Å². The minimum absolute atomic E-state index is 0.198. The van der Waals surface area contributed by atoms with Crippen LogP contribution < -0.4 is 31.9 Å². The van der Waals surface area contributed by atoms with E-state index in [9.17, 15) is 43.2 Å². The van der Waals surface area contributed by atoms with Gasteiger partial charge in [-0.1, -0.05) is 27.7 Å². The number of carboxylic acids is 3. The first-order chi connectivity index (χ1) is 21.7. The molecule has 0 aliphatic carbocycles. The number of rotatable bonds is 21. The molecule has 0 radical (unpaired) electrons. The SMILES string of the molecule is CC(=O)N[C@@H](CCC(=O)O)C(=O)N[C@@H](CCC(=O)O)C(=O)N[C@H](C(=O)N[C@H](C(=O)N[C@@H](C)C(=O)N[C@@H](CS)C(=O)O)C(C)C)C(C)C. The summed E-state index contributed by atoms with van der Waals surface area (Å²) in [5.74, 6) is -10.1. The number of amides is 6. The Morgan fingerprint density at radius 1 is 0.532 bits per heavy atom. The molecule has 0 saturated heterocycles. The highest BCUT2D eigenvalue weighted by Crippen LogP contribution is 2.09. The van der Waals surface area contributed by atoms with Crippen LogP contribution >= 0.6 is 12.6 Å². The Bertz CT molecular complexity index is 1180. The topological polar surface area (TPSA) is 286 Å². The van der Waals surface area contributed by atoms with E-state index in [1.807, 2.05) is 0 Å². The summed E-state index contributed by atoms with van der Waals surface area (Å²) >= 11 is 3.87. The van der Waals surface area contributed by atoms with E-state index in [0.29, 0.717) is 0 Å². The van der Waals surface area contributed by atoms with E-state index in [4.69, 9.17) is 15.3 Å². The highest BCUT2D eigenvalue weighted by Gasteiger charge is 2.34. The zero-order valence-electron chi connectivity index (χ0n) is 27.1. The van der Waals surface area contributed by atoms with Crippen LogP contribution in [-0.4, -0.2) is 111 Å². The number of hydrogen-bond acceptors (Lipinski definition) is 10. The van der Waals surface area contributed by atoms with Crippen LogP contribution in [0.5, 0.6) is 0 Å². The fourth-order valence-electron chi connectivity index (χ4n) is 4.01. The molecule has 0 spiro atoms. The van der Waals surface area contributed by atoms with Crippen molar-refractivity contribution in [3.63, 3.8) is 0 Å². The summed E-state index contributed by atoms with van der Waals surface area (Å²) in [6.45, 7) is 8.76. The minimum atomic E-state index is -1.51. The fraction of sp³-hybridized carbons (Fsp3) is 0.679. The normalized spacial score (nSPS) is 14.7. The average molecular weight is 691 g/mol. The second-order valence-electron chi connectivity index (χ2n) is 11.5. The Labute approximate surface area is 277 Å². The lowest BCUT2D eigenvalue weighted by Crippen LogP contribution is -2.61. The molecule has 0 heterocycles. The van der Waals surface area contributed by atoms with E-state index in [1.54, 1.807) is 27.7 Å². The van der Waals surface area contributed by atoms with Gasteiger partial charge in [-0.05, 0) is 31.6 Å². The van der Waals surface area contributed by atoms with Gasteiger partial charge in [-0.25, -0.2) is 4.79 Å². The number of thiol groups is 1. The second kappa shape index (κ2) is 20.7. The predicted molar refractivity (Wildman–Crippen MR) is 168 cm³/mol. The van der Waals surface area contributed by atoms with E-state index >= 15 is 0 Å². The van der Waals surface area contributed by atoms with Crippen molar-refractivity contribution in [2.75, 3.05) is 5.75 Å². The summed E-state index contributed by atoms with van der Waals surface area (Å²) in [6, 6.07) is -7.87. The Morgan fingerprint density at radius 3 is 1.30 bits per heavy atom. The van der Waals surface area contributed by atoms with Gasteiger partial charge in [0.15, 0.2) is 0 Å². The summed E-state index contributed by atoms with van der Waals surface area (Å²) in [6.07, 6.45) is -1.80. The molecule has 47 heavy (non-hydrogen) atoms. The zero-order chi connectivity index (χ0) is 36.6. The molecule has 6 atom stereocenters. The largest absolute Gasteiger partial charge is 0.481 e. The van der Waals surface area contributed by atoms with Crippen LogP contribution in [0.25, 0.3) is 0 Å². The molecule has 0 rings (SSSR count). The van der Waals surface area contributed by atoms with Crippen molar-refractivity contribution in [2.45, 2.75) is 103 Å². The van der Waals surface area contributed by atoms with Crippen molar-refractivity contribution in [2.24, 2.45) is 11.8 Å². The maximum Gasteiger partial charge on any atom is 0.327 e. The monoisotopic (exact) mass is 690 g/mol. The molecular formula is C28H46N6O12S. The van der Waals surface area contributed by atoms with Crippen LogP contribution in [0.3, 0.4) is 0 Å². The van der Waals surface area contributed by atoms with Crippen molar-refractivity contribution in [1.29, 1.82) is 0 Å². The van der Waals surface area contributed by atoms with Gasteiger partial charge < -0.3 is 47.2 Å². The van der Waals surface area contributed by atoms with Gasteiger partial charge in [0.25, 0.3) is 0 Å². The molecule has 266 valence electrons. The molecule has 0 saturated carbocycles. The van der Waals surface area contributed by atoms with Gasteiger partial charge in [0.2, 0.25) is 35.4 Å². The summed E-state index contributed by atoms with van der Waals surface area (Å²) in [7, 11) is 0. The number of carboxylic acid groups (broad SMARTS) is 3. The Morgan fingerprint density at radius 2 is 0.915 bits per heavy atom. The minimum Gasteiger partial charge on any atom is -0.481 e. The summed E-state index contributed by atoms with van der Waals surface area (Å²) < 4.78 is 0. The number of hydrogen-bond donors (Lipinski definition) is 10. The number of carbonyl (C=O) groups excluding carboxylic acids is 6. The maximum absolute atomic E-state index is 13.4. The van der Waals surface area contributed by atoms with Crippen molar-refractivity contribution in [1.82, 2.24) is 31.9 Å². The Kier molecular flexibility index (Phi) is 18.7. The molecule has 0 fully saturated rings. The van der Waals surface area contributed by atoms with Gasteiger partial charge in [-0.2, -0.15) is 12.6 Å². The van der Waals surface area contributed by atoms with Crippen LogP contribution in [0.15, 0.2) is 0 Å². The number of nitrogens with one attached hydrogen (secondary N) is 6. The molecular weight excluding hydrogens is 644 g/mol. The van der Waals surface area contributed by atoms with Crippen molar-refractivity contribution in [3.05, 3.63) is 0 Å².